The Hall–Kier alpha value is -5.57. The molecule has 9 aromatic rings. The number of para-hydroxylation sites is 1. The van der Waals surface area contributed by atoms with Crippen LogP contribution in [0.2, 0.25) is 0 Å². The molecule has 0 bridgehead atoms. The second-order valence-electron chi connectivity index (χ2n) is 10.6. The van der Waals surface area contributed by atoms with Gasteiger partial charge in [-0.15, -0.1) is 11.3 Å². The minimum atomic E-state index is 0.374. The zero-order chi connectivity index (χ0) is 27.8. The molecule has 0 fully saturated rings. The minimum absolute atomic E-state index is 0.374. The largest absolute Gasteiger partial charge is 0.278 e. The van der Waals surface area contributed by atoms with Crippen LogP contribution >= 0.6 is 11.3 Å². The number of nitrogens with zero attached hydrogens (tertiary/aromatic N) is 4. The molecule has 194 valence electrons. The lowest BCUT2D eigenvalue weighted by Gasteiger charge is -2.09. The van der Waals surface area contributed by atoms with Crippen LogP contribution in [0.25, 0.3) is 80.7 Å². The van der Waals surface area contributed by atoms with E-state index in [1.807, 2.05) is 35.6 Å². The Morgan fingerprint density at radius 3 is 2.14 bits per heavy atom. The third-order valence-corrected chi connectivity index (χ3v) is 9.41. The van der Waals surface area contributed by atoms with Gasteiger partial charge in [0.05, 0.1) is 16.6 Å². The highest BCUT2D eigenvalue weighted by molar-refractivity contribution is 7.25. The van der Waals surface area contributed by atoms with Gasteiger partial charge in [0.25, 0.3) is 0 Å². The van der Waals surface area contributed by atoms with Crippen molar-refractivity contribution in [1.29, 1.82) is 5.26 Å². The Balaban J connectivity index is 1.36. The van der Waals surface area contributed by atoms with E-state index in [4.69, 9.17) is 9.97 Å². The minimum Gasteiger partial charge on any atom is -0.278 e. The molecule has 0 atom stereocenters. The number of nitriles is 1. The average Bonchev–Trinajstić information content (AvgIpc) is 3.59. The maximum Gasteiger partial charge on any atom is 0.236 e. The van der Waals surface area contributed by atoms with Crippen LogP contribution in [0.15, 0.2) is 121 Å². The quantitative estimate of drug-likeness (QED) is 0.214. The van der Waals surface area contributed by atoms with E-state index in [0.717, 1.165) is 38.3 Å². The van der Waals surface area contributed by atoms with E-state index in [-0.39, 0.29) is 0 Å². The summed E-state index contributed by atoms with van der Waals surface area (Å²) in [5.74, 6) is 0.499. The molecule has 0 aliphatic heterocycles. The second kappa shape index (κ2) is 8.71. The van der Waals surface area contributed by atoms with Gasteiger partial charge in [-0.05, 0) is 70.4 Å². The van der Waals surface area contributed by atoms with Crippen LogP contribution in [0.4, 0.5) is 0 Å². The van der Waals surface area contributed by atoms with Gasteiger partial charge in [-0.1, -0.05) is 72.8 Å². The number of aromatic nitrogens is 3. The number of fused-ring (bicyclic) bond motifs is 9. The van der Waals surface area contributed by atoms with Crippen LogP contribution in [0, 0.1) is 11.3 Å². The SMILES string of the molecule is N#Cc1nc(-n2c3ccc(-c4ccc5sc6ccccc6c5c4)cc3c3c4ccccc4ccc32)nc2ccccc12. The van der Waals surface area contributed by atoms with Gasteiger partial charge in [-0.3, -0.25) is 4.57 Å². The summed E-state index contributed by atoms with van der Waals surface area (Å²) < 4.78 is 4.70. The Morgan fingerprint density at radius 1 is 0.571 bits per heavy atom. The van der Waals surface area contributed by atoms with Crippen LogP contribution in [-0.4, -0.2) is 14.5 Å². The van der Waals surface area contributed by atoms with Gasteiger partial charge in [0.1, 0.15) is 6.07 Å². The first kappa shape index (κ1) is 23.2. The molecule has 3 heterocycles. The second-order valence-corrected chi connectivity index (χ2v) is 11.6. The molecule has 9 rings (SSSR count). The molecular formula is C37H20N4S. The molecule has 0 spiro atoms. The van der Waals surface area contributed by atoms with Crippen molar-refractivity contribution in [2.24, 2.45) is 0 Å². The van der Waals surface area contributed by atoms with Crippen LogP contribution in [0.5, 0.6) is 0 Å². The van der Waals surface area contributed by atoms with Gasteiger partial charge in [0.15, 0.2) is 5.69 Å². The van der Waals surface area contributed by atoms with Gasteiger partial charge >= 0.3 is 0 Å². The van der Waals surface area contributed by atoms with Crippen LogP contribution in [-0.2, 0) is 0 Å². The predicted molar refractivity (Wildman–Crippen MR) is 174 cm³/mol. The first-order chi connectivity index (χ1) is 20.8. The summed E-state index contributed by atoms with van der Waals surface area (Å²) in [6, 6.07) is 44.8. The number of benzene rings is 6. The van der Waals surface area contributed by atoms with Crippen molar-refractivity contribution in [2.45, 2.75) is 0 Å². The number of hydrogen-bond acceptors (Lipinski definition) is 4. The van der Waals surface area contributed by atoms with Crippen LogP contribution in [0.3, 0.4) is 0 Å². The maximum atomic E-state index is 9.96. The fraction of sp³-hybridized carbons (Fsp3) is 0. The summed E-state index contributed by atoms with van der Waals surface area (Å²) in [5, 5.41) is 17.9. The molecule has 0 unspecified atom stereocenters. The van der Waals surface area contributed by atoms with Crippen molar-refractivity contribution in [2.75, 3.05) is 0 Å². The average molecular weight is 553 g/mol. The van der Waals surface area contributed by atoms with E-state index in [1.165, 1.54) is 36.5 Å². The summed E-state index contributed by atoms with van der Waals surface area (Å²) in [4.78, 5) is 9.72. The molecule has 6 aromatic carbocycles. The Labute approximate surface area is 244 Å². The molecule has 0 saturated carbocycles. The standard InChI is InChI=1S/C37H20N4S/c38-21-31-27-10-3-5-11-30(27)39-37(40-31)41-32-16-14-23(20-29(32)36-25-8-2-1-7-22(25)13-17-33(36)41)24-15-18-35-28(19-24)26-9-4-6-12-34(26)42-35/h1-20H. The molecule has 0 N–H and O–H groups in total. The van der Waals surface area contributed by atoms with Crippen molar-refractivity contribution in [3.05, 3.63) is 127 Å². The van der Waals surface area contributed by atoms with Gasteiger partial charge < -0.3 is 0 Å². The van der Waals surface area contributed by atoms with Crippen LogP contribution < -0.4 is 0 Å². The van der Waals surface area contributed by atoms with Gasteiger partial charge in [-0.25, -0.2) is 9.97 Å². The van der Waals surface area contributed by atoms with Crippen LogP contribution in [0.1, 0.15) is 5.69 Å². The van der Waals surface area contributed by atoms with E-state index in [2.05, 4.69) is 108 Å². The summed E-state index contributed by atoms with van der Waals surface area (Å²) in [5.41, 5.74) is 5.49. The Morgan fingerprint density at radius 2 is 1.26 bits per heavy atom. The molecule has 4 nitrogen and oxygen atoms in total. The third-order valence-electron chi connectivity index (χ3n) is 8.26. The molecular weight excluding hydrogens is 533 g/mol. The highest BCUT2D eigenvalue weighted by Gasteiger charge is 2.19. The predicted octanol–water partition coefficient (Wildman–Crippen LogP) is 9.79. The molecule has 5 heteroatoms. The summed E-state index contributed by atoms with van der Waals surface area (Å²) in [7, 11) is 0. The van der Waals surface area contributed by atoms with Crippen molar-refractivity contribution < 1.29 is 0 Å². The number of thiophene rings is 1. The molecule has 42 heavy (non-hydrogen) atoms. The number of hydrogen-bond donors (Lipinski definition) is 0. The fourth-order valence-electron chi connectivity index (χ4n) is 6.34. The first-order valence-corrected chi connectivity index (χ1v) is 14.6. The highest BCUT2D eigenvalue weighted by Crippen LogP contribution is 2.40. The fourth-order valence-corrected chi connectivity index (χ4v) is 7.43. The lowest BCUT2D eigenvalue weighted by Crippen LogP contribution is -2.03. The lowest BCUT2D eigenvalue weighted by atomic mass is 9.99. The molecule has 3 aromatic heterocycles. The van der Waals surface area contributed by atoms with Crippen molar-refractivity contribution in [1.82, 2.24) is 14.5 Å². The molecule has 0 saturated heterocycles. The van der Waals surface area contributed by atoms with E-state index >= 15 is 0 Å². The zero-order valence-electron chi connectivity index (χ0n) is 22.2. The summed E-state index contributed by atoms with van der Waals surface area (Å²) in [6.45, 7) is 0. The molecule has 0 radical (unpaired) electrons. The van der Waals surface area contributed by atoms with Gasteiger partial charge in [0.2, 0.25) is 5.95 Å². The van der Waals surface area contributed by atoms with Crippen molar-refractivity contribution in [3.8, 4) is 23.1 Å². The third kappa shape index (κ3) is 3.27. The van der Waals surface area contributed by atoms with E-state index in [1.54, 1.807) is 0 Å². The highest BCUT2D eigenvalue weighted by atomic mass is 32.1. The molecule has 0 aliphatic carbocycles. The van der Waals surface area contributed by atoms with Crippen molar-refractivity contribution >= 4 is 75.0 Å². The molecule has 0 aliphatic rings. The van der Waals surface area contributed by atoms with E-state index in [0.29, 0.717) is 11.6 Å². The Bertz CT molecular complexity index is 2600. The normalized spacial score (nSPS) is 11.8. The molecule has 0 amide bonds. The summed E-state index contributed by atoms with van der Waals surface area (Å²) in [6.07, 6.45) is 0. The summed E-state index contributed by atoms with van der Waals surface area (Å²) >= 11 is 1.84. The zero-order valence-corrected chi connectivity index (χ0v) is 23.1. The van der Waals surface area contributed by atoms with E-state index < -0.39 is 0 Å². The van der Waals surface area contributed by atoms with Crippen molar-refractivity contribution in [3.63, 3.8) is 0 Å². The van der Waals surface area contributed by atoms with E-state index in [9.17, 15) is 5.26 Å². The number of rotatable bonds is 2. The van der Waals surface area contributed by atoms with Gasteiger partial charge in [0, 0.05) is 36.3 Å². The lowest BCUT2D eigenvalue weighted by molar-refractivity contribution is 1.00. The topological polar surface area (TPSA) is 54.5 Å². The van der Waals surface area contributed by atoms with Gasteiger partial charge in [-0.2, -0.15) is 5.26 Å². The smallest absolute Gasteiger partial charge is 0.236 e. The first-order valence-electron chi connectivity index (χ1n) is 13.8. The monoisotopic (exact) mass is 552 g/mol. The Kier molecular flexibility index (Phi) is 4.81. The maximum absolute atomic E-state index is 9.96.